The van der Waals surface area contributed by atoms with Crippen molar-refractivity contribution in [3.8, 4) is 5.75 Å². The molecule has 182 valence electrons. The smallest absolute Gasteiger partial charge is 0.224 e. The molecule has 1 heterocycles. The van der Waals surface area contributed by atoms with Crippen molar-refractivity contribution < 1.29 is 14.6 Å². The van der Waals surface area contributed by atoms with Gasteiger partial charge in [-0.05, 0) is 67.6 Å². The Labute approximate surface area is 211 Å². The molecule has 0 spiro atoms. The summed E-state index contributed by atoms with van der Waals surface area (Å²) in [6.45, 7) is 6.40. The minimum absolute atomic E-state index is 0.00634. The van der Waals surface area contributed by atoms with Crippen molar-refractivity contribution in [3.63, 3.8) is 0 Å². The van der Waals surface area contributed by atoms with Crippen molar-refractivity contribution in [2.45, 2.75) is 49.2 Å². The van der Waals surface area contributed by atoms with E-state index in [0.717, 1.165) is 56.4 Å². The van der Waals surface area contributed by atoms with Crippen LogP contribution < -0.4 is 5.32 Å². The molecular weight excluding hydrogens is 471 g/mol. The molecule has 1 aliphatic heterocycles. The molecule has 2 aromatic carbocycles. The van der Waals surface area contributed by atoms with Gasteiger partial charge in [-0.15, -0.1) is 6.58 Å². The van der Waals surface area contributed by atoms with Gasteiger partial charge in [0, 0.05) is 31.7 Å². The van der Waals surface area contributed by atoms with E-state index in [0.29, 0.717) is 10.0 Å². The van der Waals surface area contributed by atoms with Gasteiger partial charge in [-0.1, -0.05) is 47.5 Å². The van der Waals surface area contributed by atoms with E-state index in [1.807, 2.05) is 24.3 Å². The summed E-state index contributed by atoms with van der Waals surface area (Å²) in [5.41, 5.74) is 1.16. The van der Waals surface area contributed by atoms with Crippen LogP contribution in [0.3, 0.4) is 0 Å². The number of ether oxygens (including phenoxy) is 1. The molecule has 0 unspecified atom stereocenters. The third kappa shape index (κ3) is 4.85. The zero-order chi connectivity index (χ0) is 24.3. The van der Waals surface area contributed by atoms with E-state index < -0.39 is 5.60 Å². The van der Waals surface area contributed by atoms with Gasteiger partial charge in [0.15, 0.2) is 0 Å². The van der Waals surface area contributed by atoms with E-state index in [2.05, 4.69) is 22.9 Å². The maximum absolute atomic E-state index is 12.9. The van der Waals surface area contributed by atoms with Crippen LogP contribution in [0.4, 0.5) is 0 Å². The Morgan fingerprint density at radius 2 is 2.09 bits per heavy atom. The van der Waals surface area contributed by atoms with Gasteiger partial charge in [0.2, 0.25) is 5.91 Å². The summed E-state index contributed by atoms with van der Waals surface area (Å²) in [4.78, 5) is 15.3. The van der Waals surface area contributed by atoms with Crippen LogP contribution in [0.1, 0.15) is 36.8 Å². The van der Waals surface area contributed by atoms with E-state index in [1.54, 1.807) is 25.3 Å². The van der Waals surface area contributed by atoms with Crippen molar-refractivity contribution in [2.75, 3.05) is 26.7 Å². The molecule has 4 rings (SSSR count). The van der Waals surface area contributed by atoms with E-state index in [4.69, 9.17) is 27.9 Å². The number of aromatic hydroxyl groups is 1. The topological polar surface area (TPSA) is 61.8 Å². The molecule has 2 aromatic rings. The van der Waals surface area contributed by atoms with Crippen LogP contribution in [0.2, 0.25) is 10.0 Å². The maximum Gasteiger partial charge on any atom is 0.224 e. The quantitative estimate of drug-likeness (QED) is 0.515. The molecule has 7 heteroatoms. The average Bonchev–Trinajstić information content (AvgIpc) is 2.81. The number of halogens is 2. The first kappa shape index (κ1) is 25.1. The third-order valence-electron chi connectivity index (χ3n) is 7.59. The molecule has 2 fully saturated rings. The molecule has 2 N–H and O–H groups in total. The molecule has 5 nitrogen and oxygen atoms in total. The second-order valence-corrected chi connectivity index (χ2v) is 10.4. The number of fused-ring (bicyclic) bond motifs is 1. The molecular formula is C27H32Cl2N2O3. The highest BCUT2D eigenvalue weighted by molar-refractivity contribution is 6.42. The SMILES string of the molecule is C=CCN1CC[C@@]2(c3cccc(O)c3)C[C@H](NC(=O)Cc3ccc(Cl)c(Cl)c3)CC[C@]2(OC)C1. The Hall–Kier alpha value is -2.05. The standard InChI is InChI=1S/C27H32Cl2N2O3/c1-3-12-31-13-11-26(20-5-4-6-22(32)16-20)17-21(9-10-27(26,18-31)34-2)30-25(33)15-19-7-8-23(28)24(29)14-19/h3-8,14,16,21,32H,1,9-13,15,17-18H2,2H3,(H,30,33)/t21-,26+,27+/m1/s1. The van der Waals surface area contributed by atoms with Gasteiger partial charge < -0.3 is 15.2 Å². The number of hydrogen-bond donors (Lipinski definition) is 2. The Kier molecular flexibility index (Phi) is 7.58. The highest BCUT2D eigenvalue weighted by atomic mass is 35.5. The van der Waals surface area contributed by atoms with Crippen LogP contribution in [-0.4, -0.2) is 54.3 Å². The van der Waals surface area contributed by atoms with Crippen LogP contribution >= 0.6 is 23.2 Å². The fourth-order valence-corrected chi connectivity index (χ4v) is 6.29. The number of nitrogens with one attached hydrogen (secondary N) is 1. The summed E-state index contributed by atoms with van der Waals surface area (Å²) < 4.78 is 6.33. The van der Waals surface area contributed by atoms with E-state index in [9.17, 15) is 9.90 Å². The first-order valence-electron chi connectivity index (χ1n) is 11.7. The predicted octanol–water partition coefficient (Wildman–Crippen LogP) is 5.13. The third-order valence-corrected chi connectivity index (χ3v) is 8.33. The average molecular weight is 503 g/mol. The lowest BCUT2D eigenvalue weighted by Gasteiger charge is -2.59. The second-order valence-electron chi connectivity index (χ2n) is 9.54. The molecule has 1 saturated carbocycles. The van der Waals surface area contributed by atoms with Crippen molar-refractivity contribution in [2.24, 2.45) is 0 Å². The lowest BCUT2D eigenvalue weighted by Crippen LogP contribution is -2.68. The molecule has 1 saturated heterocycles. The fourth-order valence-electron chi connectivity index (χ4n) is 5.97. The van der Waals surface area contributed by atoms with Crippen molar-refractivity contribution >= 4 is 29.1 Å². The number of piperidine rings is 1. The summed E-state index contributed by atoms with van der Waals surface area (Å²) in [5.74, 6) is 0.208. The van der Waals surface area contributed by atoms with Gasteiger partial charge in [-0.2, -0.15) is 0 Å². The second kappa shape index (κ2) is 10.3. The molecule has 0 aromatic heterocycles. The zero-order valence-corrected chi connectivity index (χ0v) is 21.0. The normalized spacial score (nSPS) is 27.1. The van der Waals surface area contributed by atoms with Crippen molar-refractivity contribution in [1.82, 2.24) is 10.2 Å². The number of phenolic OH excluding ortho intramolecular Hbond substituents is 1. The number of carbonyl (C=O) groups is 1. The number of hydrogen-bond acceptors (Lipinski definition) is 4. The van der Waals surface area contributed by atoms with Gasteiger partial charge in [-0.3, -0.25) is 9.69 Å². The molecule has 2 aliphatic rings. The Bertz CT molecular complexity index is 1060. The first-order valence-corrected chi connectivity index (χ1v) is 12.5. The van der Waals surface area contributed by atoms with Crippen LogP contribution in [0.25, 0.3) is 0 Å². The number of rotatable bonds is 7. The lowest BCUT2D eigenvalue weighted by atomic mass is 9.55. The lowest BCUT2D eigenvalue weighted by molar-refractivity contribution is -0.149. The molecule has 0 radical (unpaired) electrons. The number of benzene rings is 2. The van der Waals surface area contributed by atoms with E-state index >= 15 is 0 Å². The summed E-state index contributed by atoms with van der Waals surface area (Å²) >= 11 is 12.1. The largest absolute Gasteiger partial charge is 0.508 e. The van der Waals surface area contributed by atoms with Gasteiger partial charge in [0.25, 0.3) is 0 Å². The monoisotopic (exact) mass is 502 g/mol. The Morgan fingerprint density at radius 1 is 1.26 bits per heavy atom. The zero-order valence-electron chi connectivity index (χ0n) is 19.5. The number of carbonyl (C=O) groups excluding carboxylic acids is 1. The number of methoxy groups -OCH3 is 1. The maximum atomic E-state index is 12.9. The fraction of sp³-hybridized carbons (Fsp3) is 0.444. The number of likely N-dealkylation sites (tertiary alicyclic amines) is 1. The summed E-state index contributed by atoms with van der Waals surface area (Å²) in [6, 6.07) is 12.8. The molecule has 1 amide bonds. The molecule has 34 heavy (non-hydrogen) atoms. The van der Waals surface area contributed by atoms with Crippen molar-refractivity contribution in [1.29, 1.82) is 0 Å². The minimum Gasteiger partial charge on any atom is -0.508 e. The van der Waals surface area contributed by atoms with Crippen LogP contribution in [0, 0.1) is 0 Å². The van der Waals surface area contributed by atoms with Crippen LogP contribution in [-0.2, 0) is 21.4 Å². The summed E-state index contributed by atoms with van der Waals surface area (Å²) in [6.07, 6.45) is 5.43. The Balaban J connectivity index is 1.58. The molecule has 3 atom stereocenters. The van der Waals surface area contributed by atoms with Gasteiger partial charge >= 0.3 is 0 Å². The van der Waals surface area contributed by atoms with Crippen LogP contribution in [0.15, 0.2) is 55.1 Å². The number of amides is 1. The highest BCUT2D eigenvalue weighted by Gasteiger charge is 2.58. The minimum atomic E-state index is -0.410. The van der Waals surface area contributed by atoms with Crippen LogP contribution in [0.5, 0.6) is 5.75 Å². The van der Waals surface area contributed by atoms with E-state index in [-0.39, 0.29) is 29.5 Å². The summed E-state index contributed by atoms with van der Waals surface area (Å²) in [5, 5.41) is 14.5. The highest BCUT2D eigenvalue weighted by Crippen LogP contribution is 2.53. The van der Waals surface area contributed by atoms with E-state index in [1.165, 1.54) is 0 Å². The van der Waals surface area contributed by atoms with Gasteiger partial charge in [-0.25, -0.2) is 0 Å². The summed E-state index contributed by atoms with van der Waals surface area (Å²) in [7, 11) is 1.79. The number of nitrogens with zero attached hydrogens (tertiary/aromatic N) is 1. The molecule has 1 aliphatic carbocycles. The van der Waals surface area contributed by atoms with Gasteiger partial charge in [0.1, 0.15) is 5.75 Å². The molecule has 0 bridgehead atoms. The van der Waals surface area contributed by atoms with Gasteiger partial charge in [0.05, 0.1) is 22.1 Å². The first-order chi connectivity index (χ1) is 16.3. The number of phenols is 1. The van der Waals surface area contributed by atoms with Crippen molar-refractivity contribution in [3.05, 3.63) is 76.3 Å². The predicted molar refractivity (Wildman–Crippen MR) is 137 cm³/mol. The Morgan fingerprint density at radius 3 is 2.79 bits per heavy atom.